The van der Waals surface area contributed by atoms with E-state index in [1.54, 1.807) is 0 Å². The first kappa shape index (κ1) is 20.3. The molecule has 0 radical (unpaired) electrons. The van der Waals surface area contributed by atoms with Crippen molar-refractivity contribution < 1.29 is 9.53 Å². The number of hydrogen-bond donors (Lipinski definition) is 2. The molecule has 23 heavy (non-hydrogen) atoms. The zero-order chi connectivity index (χ0) is 15.6. The molecular formula is C17H26BrClN2O2. The number of hydrogen-bond acceptors (Lipinski definition) is 3. The lowest BCUT2D eigenvalue weighted by molar-refractivity contribution is -0.121. The molecule has 1 fully saturated rings. The van der Waals surface area contributed by atoms with Gasteiger partial charge in [-0.05, 0) is 69.0 Å². The van der Waals surface area contributed by atoms with Crippen LogP contribution in [0.5, 0.6) is 5.75 Å². The lowest BCUT2D eigenvalue weighted by Crippen LogP contribution is -2.38. The molecule has 1 atom stereocenters. The highest BCUT2D eigenvalue weighted by Gasteiger charge is 2.13. The molecule has 1 aliphatic heterocycles. The van der Waals surface area contributed by atoms with Gasteiger partial charge in [0.15, 0.2) is 0 Å². The molecule has 1 heterocycles. The third-order valence-electron chi connectivity index (χ3n) is 3.87. The van der Waals surface area contributed by atoms with Gasteiger partial charge in [0, 0.05) is 17.4 Å². The second kappa shape index (κ2) is 11.7. The summed E-state index contributed by atoms with van der Waals surface area (Å²) in [5.41, 5.74) is 0. The Morgan fingerprint density at radius 3 is 2.78 bits per heavy atom. The van der Waals surface area contributed by atoms with Gasteiger partial charge in [-0.15, -0.1) is 12.4 Å². The molecule has 0 bridgehead atoms. The maximum absolute atomic E-state index is 11.8. The van der Waals surface area contributed by atoms with E-state index in [1.807, 2.05) is 24.3 Å². The second-order valence-corrected chi connectivity index (χ2v) is 6.69. The van der Waals surface area contributed by atoms with Gasteiger partial charge in [0.2, 0.25) is 5.91 Å². The van der Waals surface area contributed by atoms with Gasteiger partial charge in [-0.2, -0.15) is 0 Å². The van der Waals surface area contributed by atoms with Crippen LogP contribution >= 0.6 is 28.3 Å². The summed E-state index contributed by atoms with van der Waals surface area (Å²) in [6.07, 6.45) is 4.78. The van der Waals surface area contributed by atoms with Crippen molar-refractivity contribution in [2.24, 2.45) is 5.92 Å². The van der Waals surface area contributed by atoms with Crippen LogP contribution in [0.3, 0.4) is 0 Å². The van der Waals surface area contributed by atoms with Crippen molar-refractivity contribution in [1.82, 2.24) is 10.6 Å². The van der Waals surface area contributed by atoms with Crippen molar-refractivity contribution in [2.75, 3.05) is 26.2 Å². The molecule has 0 spiro atoms. The van der Waals surface area contributed by atoms with Crippen molar-refractivity contribution in [2.45, 2.75) is 32.1 Å². The van der Waals surface area contributed by atoms with Crippen LogP contribution in [0.2, 0.25) is 0 Å². The number of carbonyl (C=O) groups excluding carboxylic acids is 1. The number of carbonyl (C=O) groups is 1. The van der Waals surface area contributed by atoms with E-state index in [0.29, 0.717) is 18.9 Å². The Hall–Kier alpha value is -0.780. The summed E-state index contributed by atoms with van der Waals surface area (Å²) in [6.45, 7) is 3.60. The summed E-state index contributed by atoms with van der Waals surface area (Å²) in [6, 6.07) is 7.80. The van der Waals surface area contributed by atoms with Gasteiger partial charge in [0.25, 0.3) is 0 Å². The van der Waals surface area contributed by atoms with Crippen molar-refractivity contribution in [1.29, 1.82) is 0 Å². The summed E-state index contributed by atoms with van der Waals surface area (Å²) >= 11 is 3.39. The summed E-state index contributed by atoms with van der Waals surface area (Å²) in [7, 11) is 0. The molecule has 0 saturated carbocycles. The number of halogens is 2. The number of unbranched alkanes of at least 4 members (excludes halogenated alkanes) is 1. The van der Waals surface area contributed by atoms with E-state index in [1.165, 1.54) is 12.8 Å². The zero-order valence-corrected chi connectivity index (χ0v) is 15.8. The van der Waals surface area contributed by atoms with E-state index in [9.17, 15) is 4.79 Å². The second-order valence-electron chi connectivity index (χ2n) is 5.78. The first-order valence-electron chi connectivity index (χ1n) is 8.10. The van der Waals surface area contributed by atoms with Gasteiger partial charge in [0.1, 0.15) is 5.75 Å². The van der Waals surface area contributed by atoms with Crippen molar-refractivity contribution >= 4 is 34.2 Å². The summed E-state index contributed by atoms with van der Waals surface area (Å²) in [4.78, 5) is 11.8. The maximum Gasteiger partial charge on any atom is 0.220 e. The lowest BCUT2D eigenvalue weighted by atomic mass is 10.00. The molecule has 2 N–H and O–H groups in total. The number of amides is 1. The molecule has 4 nitrogen and oxygen atoms in total. The monoisotopic (exact) mass is 404 g/mol. The van der Waals surface area contributed by atoms with Crippen LogP contribution in [-0.4, -0.2) is 32.1 Å². The normalized spacial score (nSPS) is 17.2. The van der Waals surface area contributed by atoms with E-state index in [2.05, 4.69) is 26.6 Å². The number of nitrogens with one attached hydrogen (secondary N) is 2. The largest absolute Gasteiger partial charge is 0.494 e. The average molecular weight is 406 g/mol. The predicted molar refractivity (Wildman–Crippen MR) is 99.3 cm³/mol. The van der Waals surface area contributed by atoms with Crippen LogP contribution in [-0.2, 0) is 4.79 Å². The Balaban J connectivity index is 0.00000264. The topological polar surface area (TPSA) is 50.4 Å². The molecule has 1 aromatic rings. The van der Waals surface area contributed by atoms with Crippen LogP contribution in [0.15, 0.2) is 28.7 Å². The smallest absolute Gasteiger partial charge is 0.220 e. The standard InChI is InChI=1S/C17H25BrN2O2.ClH/c18-15-6-8-16(9-7-15)22-11-2-1-5-17(21)20-13-14-4-3-10-19-12-14;/h6-9,14,19H,1-5,10-13H2,(H,20,21);1H. The molecular weight excluding hydrogens is 380 g/mol. The average Bonchev–Trinajstić information content (AvgIpc) is 2.55. The van der Waals surface area contributed by atoms with Crippen molar-refractivity contribution in [3.8, 4) is 5.75 Å². The minimum atomic E-state index is 0. The third-order valence-corrected chi connectivity index (χ3v) is 4.40. The quantitative estimate of drug-likeness (QED) is 0.650. The van der Waals surface area contributed by atoms with Crippen LogP contribution in [0, 0.1) is 5.92 Å². The van der Waals surface area contributed by atoms with Crippen LogP contribution in [0.4, 0.5) is 0 Å². The zero-order valence-electron chi connectivity index (χ0n) is 13.4. The van der Waals surface area contributed by atoms with Gasteiger partial charge in [-0.3, -0.25) is 4.79 Å². The van der Waals surface area contributed by atoms with Gasteiger partial charge in [-0.1, -0.05) is 15.9 Å². The highest BCUT2D eigenvalue weighted by Crippen LogP contribution is 2.16. The van der Waals surface area contributed by atoms with Gasteiger partial charge in [-0.25, -0.2) is 0 Å². The minimum absolute atomic E-state index is 0. The molecule has 130 valence electrons. The summed E-state index contributed by atoms with van der Waals surface area (Å²) < 4.78 is 6.68. The van der Waals surface area contributed by atoms with Crippen LogP contribution in [0.25, 0.3) is 0 Å². The van der Waals surface area contributed by atoms with E-state index >= 15 is 0 Å². The van der Waals surface area contributed by atoms with Crippen LogP contribution in [0.1, 0.15) is 32.1 Å². The van der Waals surface area contributed by atoms with E-state index in [-0.39, 0.29) is 18.3 Å². The Kier molecular flexibility index (Phi) is 10.3. The predicted octanol–water partition coefficient (Wildman–Crippen LogP) is 3.54. The van der Waals surface area contributed by atoms with Crippen molar-refractivity contribution in [3.63, 3.8) is 0 Å². The molecule has 0 aliphatic carbocycles. The third kappa shape index (κ3) is 8.58. The SMILES string of the molecule is Cl.O=C(CCCCOc1ccc(Br)cc1)NCC1CCCNC1. The number of benzene rings is 1. The fourth-order valence-corrected chi connectivity index (χ4v) is 2.82. The number of piperidine rings is 1. The highest BCUT2D eigenvalue weighted by molar-refractivity contribution is 9.10. The van der Waals surface area contributed by atoms with Gasteiger partial charge in [0.05, 0.1) is 6.61 Å². The Morgan fingerprint density at radius 2 is 2.09 bits per heavy atom. The van der Waals surface area contributed by atoms with E-state index < -0.39 is 0 Å². The first-order valence-corrected chi connectivity index (χ1v) is 8.89. The van der Waals surface area contributed by atoms with Gasteiger partial charge < -0.3 is 15.4 Å². The first-order chi connectivity index (χ1) is 10.7. The molecule has 1 aliphatic rings. The Labute approximate surface area is 153 Å². The van der Waals surface area contributed by atoms with Crippen molar-refractivity contribution in [3.05, 3.63) is 28.7 Å². The summed E-state index contributed by atoms with van der Waals surface area (Å²) in [5.74, 6) is 1.63. The molecule has 1 aromatic carbocycles. The molecule has 2 rings (SSSR count). The Morgan fingerprint density at radius 1 is 1.30 bits per heavy atom. The molecule has 1 amide bonds. The molecule has 1 saturated heterocycles. The Bertz CT molecular complexity index is 450. The van der Waals surface area contributed by atoms with E-state index in [0.717, 1.165) is 42.7 Å². The van der Waals surface area contributed by atoms with E-state index in [4.69, 9.17) is 4.74 Å². The maximum atomic E-state index is 11.8. The van der Waals surface area contributed by atoms with Gasteiger partial charge >= 0.3 is 0 Å². The molecule has 6 heteroatoms. The summed E-state index contributed by atoms with van der Waals surface area (Å²) in [5, 5.41) is 6.41. The lowest BCUT2D eigenvalue weighted by Gasteiger charge is -2.22. The fourth-order valence-electron chi connectivity index (χ4n) is 2.55. The number of rotatable bonds is 8. The molecule has 1 unspecified atom stereocenters. The number of ether oxygens (including phenoxy) is 1. The molecule has 0 aromatic heterocycles. The fraction of sp³-hybridized carbons (Fsp3) is 0.588. The minimum Gasteiger partial charge on any atom is -0.494 e. The highest BCUT2D eigenvalue weighted by atomic mass is 79.9. The van der Waals surface area contributed by atoms with Crippen LogP contribution < -0.4 is 15.4 Å².